The van der Waals surface area contributed by atoms with E-state index >= 15 is 0 Å². The van der Waals surface area contributed by atoms with E-state index in [0.717, 1.165) is 12.8 Å². The molecule has 0 saturated carbocycles. The quantitative estimate of drug-likeness (QED) is 0.817. The zero-order chi connectivity index (χ0) is 12.1. The smallest absolute Gasteiger partial charge is 0.143 e. The second-order valence-corrected chi connectivity index (χ2v) is 4.76. The van der Waals surface area contributed by atoms with E-state index in [1.165, 1.54) is 12.1 Å². The van der Waals surface area contributed by atoms with Gasteiger partial charge in [-0.2, -0.15) is 0 Å². The highest BCUT2D eigenvalue weighted by atomic mass is 79.9. The highest BCUT2D eigenvalue weighted by molar-refractivity contribution is 9.10. The molecule has 1 aromatic carbocycles. The van der Waals surface area contributed by atoms with Crippen molar-refractivity contribution in [2.45, 2.75) is 32.2 Å². The molecule has 90 valence electrons. The molecule has 1 N–H and O–H groups in total. The molecule has 1 atom stereocenters. The number of halogens is 3. The molecule has 1 rings (SSSR count). The molecule has 0 aliphatic rings. The van der Waals surface area contributed by atoms with Gasteiger partial charge in [-0.05, 0) is 61.3 Å². The minimum atomic E-state index is -0.475. The maximum absolute atomic E-state index is 13.6. The van der Waals surface area contributed by atoms with Crippen LogP contribution in [0.25, 0.3) is 0 Å². The average Bonchev–Trinajstić information content (AvgIpc) is 2.28. The molecule has 0 radical (unpaired) electrons. The van der Waals surface area contributed by atoms with Crippen LogP contribution in [0.5, 0.6) is 0 Å². The Bertz CT molecular complexity index is 355. The third-order valence-electron chi connectivity index (χ3n) is 2.70. The lowest BCUT2D eigenvalue weighted by Gasteiger charge is -2.10. The van der Waals surface area contributed by atoms with Crippen molar-refractivity contribution in [3.63, 3.8) is 0 Å². The summed E-state index contributed by atoms with van der Waals surface area (Å²) in [7, 11) is 1.88. The molecule has 0 bridgehead atoms. The van der Waals surface area contributed by atoms with E-state index in [0.29, 0.717) is 16.9 Å². The first-order valence-corrected chi connectivity index (χ1v) is 6.15. The molecule has 0 amide bonds. The largest absolute Gasteiger partial charge is 0.317 e. The summed E-state index contributed by atoms with van der Waals surface area (Å²) in [6.07, 6.45) is 2.11. The van der Waals surface area contributed by atoms with Gasteiger partial charge in [-0.25, -0.2) is 8.78 Å². The summed E-state index contributed by atoms with van der Waals surface area (Å²) >= 11 is 3.06. The van der Waals surface area contributed by atoms with Crippen LogP contribution < -0.4 is 5.32 Å². The number of benzene rings is 1. The van der Waals surface area contributed by atoms with Crippen molar-refractivity contribution in [2.24, 2.45) is 0 Å². The lowest BCUT2D eigenvalue weighted by Crippen LogP contribution is -2.21. The van der Waals surface area contributed by atoms with Gasteiger partial charge in [0, 0.05) is 11.6 Å². The Kier molecular flexibility index (Phi) is 5.35. The van der Waals surface area contributed by atoms with Crippen LogP contribution in [0.1, 0.15) is 25.3 Å². The predicted octanol–water partition coefficient (Wildman–Crippen LogP) is 3.66. The third kappa shape index (κ3) is 3.52. The molecule has 16 heavy (non-hydrogen) atoms. The summed E-state index contributed by atoms with van der Waals surface area (Å²) in [6, 6.07) is 3.06. The van der Waals surface area contributed by atoms with Crippen molar-refractivity contribution < 1.29 is 8.78 Å². The van der Waals surface area contributed by atoms with Crippen molar-refractivity contribution in [2.75, 3.05) is 7.05 Å². The summed E-state index contributed by atoms with van der Waals surface area (Å²) in [4.78, 5) is 0. The lowest BCUT2D eigenvalue weighted by atomic mass is 10.0. The minimum absolute atomic E-state index is 0.178. The summed E-state index contributed by atoms with van der Waals surface area (Å²) in [5, 5.41) is 3.10. The molecule has 0 spiro atoms. The molecule has 1 nitrogen and oxygen atoms in total. The van der Waals surface area contributed by atoms with Crippen LogP contribution in [-0.2, 0) is 6.42 Å². The van der Waals surface area contributed by atoms with Gasteiger partial charge in [0.25, 0.3) is 0 Å². The number of nitrogens with one attached hydrogen (secondary N) is 1. The van der Waals surface area contributed by atoms with Gasteiger partial charge in [-0.3, -0.25) is 0 Å². The molecule has 0 aromatic heterocycles. The number of rotatable bonds is 5. The maximum Gasteiger partial charge on any atom is 0.143 e. The molecular weight excluding hydrogens is 276 g/mol. The lowest BCUT2D eigenvalue weighted by molar-refractivity contribution is 0.513. The Labute approximate surface area is 103 Å². The summed E-state index contributed by atoms with van der Waals surface area (Å²) < 4.78 is 27.3. The number of hydrogen-bond acceptors (Lipinski definition) is 1. The van der Waals surface area contributed by atoms with Crippen molar-refractivity contribution >= 4 is 15.9 Å². The van der Waals surface area contributed by atoms with Crippen LogP contribution in [0.2, 0.25) is 0 Å². The van der Waals surface area contributed by atoms with Crippen LogP contribution in [0.4, 0.5) is 8.78 Å². The molecule has 4 heteroatoms. The van der Waals surface area contributed by atoms with E-state index in [2.05, 4.69) is 21.2 Å². The van der Waals surface area contributed by atoms with E-state index in [1.54, 1.807) is 0 Å². The third-order valence-corrected chi connectivity index (χ3v) is 3.31. The molecule has 0 heterocycles. The Morgan fingerprint density at radius 3 is 2.69 bits per heavy atom. The Balaban J connectivity index is 2.63. The first-order chi connectivity index (χ1) is 7.56. The van der Waals surface area contributed by atoms with Crippen LogP contribution >= 0.6 is 15.9 Å². The number of hydrogen-bond donors (Lipinski definition) is 1. The topological polar surface area (TPSA) is 12.0 Å². The Hall–Kier alpha value is -0.480. The van der Waals surface area contributed by atoms with Gasteiger partial charge in [-0.1, -0.05) is 0 Å². The fraction of sp³-hybridized carbons (Fsp3) is 0.500. The Morgan fingerprint density at radius 2 is 2.06 bits per heavy atom. The Morgan fingerprint density at radius 1 is 1.38 bits per heavy atom. The zero-order valence-corrected chi connectivity index (χ0v) is 11.1. The molecule has 0 aliphatic carbocycles. The summed E-state index contributed by atoms with van der Waals surface area (Å²) in [5.41, 5.74) is 0.178. The van der Waals surface area contributed by atoms with E-state index in [4.69, 9.17) is 0 Å². The SMILES string of the molecule is CNC(C)CCCc1c(F)ccc(Br)c1F. The van der Waals surface area contributed by atoms with Crippen molar-refractivity contribution in [3.8, 4) is 0 Å². The van der Waals surface area contributed by atoms with Crippen molar-refractivity contribution in [1.82, 2.24) is 5.32 Å². The summed E-state index contributed by atoms with van der Waals surface area (Å²) in [5.74, 6) is -0.935. The van der Waals surface area contributed by atoms with E-state index in [-0.39, 0.29) is 5.56 Å². The van der Waals surface area contributed by atoms with Crippen molar-refractivity contribution in [1.29, 1.82) is 0 Å². The molecular formula is C12H16BrF2N. The maximum atomic E-state index is 13.6. The highest BCUT2D eigenvalue weighted by Gasteiger charge is 2.12. The second kappa shape index (κ2) is 6.30. The van der Waals surface area contributed by atoms with E-state index < -0.39 is 11.6 Å². The fourth-order valence-corrected chi connectivity index (χ4v) is 1.90. The zero-order valence-electron chi connectivity index (χ0n) is 9.49. The van der Waals surface area contributed by atoms with Gasteiger partial charge in [0.15, 0.2) is 0 Å². The van der Waals surface area contributed by atoms with Crippen molar-refractivity contribution in [3.05, 3.63) is 33.8 Å². The van der Waals surface area contributed by atoms with Gasteiger partial charge in [0.1, 0.15) is 11.6 Å². The average molecular weight is 292 g/mol. The van der Waals surface area contributed by atoms with E-state index in [9.17, 15) is 8.78 Å². The normalized spacial score (nSPS) is 12.8. The highest BCUT2D eigenvalue weighted by Crippen LogP contribution is 2.23. The standard InChI is InChI=1S/C12H16BrF2N/c1-8(16-2)4-3-5-9-11(14)7-6-10(13)12(9)15/h6-8,16H,3-5H2,1-2H3. The van der Waals surface area contributed by atoms with Crippen LogP contribution in [-0.4, -0.2) is 13.1 Å². The van der Waals surface area contributed by atoms with Crippen LogP contribution in [0.15, 0.2) is 16.6 Å². The van der Waals surface area contributed by atoms with Gasteiger partial charge < -0.3 is 5.32 Å². The second-order valence-electron chi connectivity index (χ2n) is 3.90. The first kappa shape index (κ1) is 13.6. The van der Waals surface area contributed by atoms with Crippen LogP contribution in [0.3, 0.4) is 0 Å². The fourth-order valence-electron chi connectivity index (χ4n) is 1.53. The molecule has 0 fully saturated rings. The monoisotopic (exact) mass is 291 g/mol. The molecule has 0 aliphatic heterocycles. The molecule has 1 unspecified atom stereocenters. The van der Waals surface area contributed by atoms with Crippen LogP contribution in [0, 0.1) is 11.6 Å². The van der Waals surface area contributed by atoms with Gasteiger partial charge in [0.05, 0.1) is 4.47 Å². The van der Waals surface area contributed by atoms with Gasteiger partial charge >= 0.3 is 0 Å². The van der Waals surface area contributed by atoms with Gasteiger partial charge in [-0.15, -0.1) is 0 Å². The summed E-state index contributed by atoms with van der Waals surface area (Å²) in [6.45, 7) is 2.05. The predicted molar refractivity (Wildman–Crippen MR) is 65.5 cm³/mol. The minimum Gasteiger partial charge on any atom is -0.317 e. The van der Waals surface area contributed by atoms with E-state index in [1.807, 2.05) is 14.0 Å². The molecule has 0 saturated heterocycles. The van der Waals surface area contributed by atoms with Gasteiger partial charge in [0.2, 0.25) is 0 Å². The first-order valence-electron chi connectivity index (χ1n) is 5.36. The molecule has 1 aromatic rings.